The lowest BCUT2D eigenvalue weighted by molar-refractivity contribution is 0.539. The van der Waals surface area contributed by atoms with Crippen LogP contribution in [0.1, 0.15) is 28.8 Å². The van der Waals surface area contributed by atoms with Crippen LogP contribution in [-0.4, -0.2) is 16.0 Å². The molecule has 0 aliphatic carbocycles. The number of imidazole rings is 1. The number of aromatic nitrogens is 2. The van der Waals surface area contributed by atoms with E-state index in [0.717, 1.165) is 29.8 Å². The van der Waals surface area contributed by atoms with Crippen molar-refractivity contribution in [2.24, 2.45) is 0 Å². The van der Waals surface area contributed by atoms with Gasteiger partial charge in [-0.1, -0.05) is 12.1 Å². The van der Waals surface area contributed by atoms with E-state index < -0.39 is 0 Å². The van der Waals surface area contributed by atoms with Gasteiger partial charge in [0.05, 0.1) is 17.6 Å². The fourth-order valence-electron chi connectivity index (χ4n) is 2.52. The summed E-state index contributed by atoms with van der Waals surface area (Å²) in [6.45, 7) is 7.26. The molecular weight excluding hydrogens is 278 g/mol. The van der Waals surface area contributed by atoms with Gasteiger partial charge in [0, 0.05) is 10.9 Å². The number of benzene rings is 1. The number of hydrogen-bond acceptors (Lipinski definition) is 3. The molecule has 1 aromatic carbocycles. The third kappa shape index (κ3) is 3.17. The molecule has 3 aromatic rings. The molecule has 0 aliphatic rings. The minimum absolute atomic E-state index is 0.444. The van der Waals surface area contributed by atoms with Crippen LogP contribution in [-0.2, 0) is 13.0 Å². The third-order valence-corrected chi connectivity index (χ3v) is 4.83. The lowest BCUT2D eigenvalue weighted by Crippen LogP contribution is -2.27. The first kappa shape index (κ1) is 14.3. The minimum Gasteiger partial charge on any atom is -0.341 e. The van der Waals surface area contributed by atoms with Crippen LogP contribution in [0.3, 0.4) is 0 Å². The molecule has 2 N–H and O–H groups in total. The number of aryl methyl sites for hydroxylation is 2. The molecule has 4 heteroatoms. The zero-order valence-electron chi connectivity index (χ0n) is 12.7. The highest BCUT2D eigenvalue weighted by atomic mass is 32.1. The number of hydrogen-bond donors (Lipinski definition) is 2. The lowest BCUT2D eigenvalue weighted by Gasteiger charge is -2.11. The molecule has 0 spiro atoms. The van der Waals surface area contributed by atoms with Crippen molar-refractivity contribution in [3.63, 3.8) is 0 Å². The van der Waals surface area contributed by atoms with Crippen molar-refractivity contribution < 1.29 is 0 Å². The molecule has 0 fully saturated rings. The predicted octanol–water partition coefficient (Wildman–Crippen LogP) is 3.96. The standard InChI is InChI=1S/C17H21N3S/c1-11-6-7-15-17(13(11)3)20-16(19-15)10-18-12(2)9-14-5-4-8-21-14/h4-8,12,18H,9-10H2,1-3H3,(H,19,20)/t12-/m0/s1. The average Bonchev–Trinajstić information content (AvgIpc) is 3.10. The Morgan fingerprint density at radius 3 is 2.90 bits per heavy atom. The van der Waals surface area contributed by atoms with E-state index in [1.807, 2.05) is 11.3 Å². The van der Waals surface area contributed by atoms with Gasteiger partial charge in [-0.3, -0.25) is 0 Å². The first-order valence-electron chi connectivity index (χ1n) is 7.34. The van der Waals surface area contributed by atoms with E-state index in [2.05, 4.69) is 60.7 Å². The molecule has 0 saturated carbocycles. The summed E-state index contributed by atoms with van der Waals surface area (Å²) in [6.07, 6.45) is 1.07. The highest BCUT2D eigenvalue weighted by molar-refractivity contribution is 7.09. The van der Waals surface area contributed by atoms with Crippen molar-refractivity contribution in [3.05, 3.63) is 51.5 Å². The van der Waals surface area contributed by atoms with E-state index in [9.17, 15) is 0 Å². The van der Waals surface area contributed by atoms with Gasteiger partial charge in [0.25, 0.3) is 0 Å². The third-order valence-electron chi connectivity index (χ3n) is 3.93. The van der Waals surface area contributed by atoms with Gasteiger partial charge < -0.3 is 10.3 Å². The highest BCUT2D eigenvalue weighted by Gasteiger charge is 2.09. The minimum atomic E-state index is 0.444. The molecule has 21 heavy (non-hydrogen) atoms. The SMILES string of the molecule is Cc1ccc2[nH]c(CN[C@@H](C)Cc3cccs3)nc2c1C. The topological polar surface area (TPSA) is 40.7 Å². The molecule has 3 nitrogen and oxygen atoms in total. The second-order valence-electron chi connectivity index (χ2n) is 5.65. The fourth-order valence-corrected chi connectivity index (χ4v) is 3.36. The van der Waals surface area contributed by atoms with Gasteiger partial charge in [-0.15, -0.1) is 11.3 Å². The zero-order valence-corrected chi connectivity index (χ0v) is 13.6. The second kappa shape index (κ2) is 6.00. The van der Waals surface area contributed by atoms with E-state index in [-0.39, 0.29) is 0 Å². The van der Waals surface area contributed by atoms with Gasteiger partial charge in [-0.25, -0.2) is 4.98 Å². The van der Waals surface area contributed by atoms with Crippen LogP contribution in [0.4, 0.5) is 0 Å². The van der Waals surface area contributed by atoms with Gasteiger partial charge in [-0.05, 0) is 55.8 Å². The van der Waals surface area contributed by atoms with Crippen LogP contribution < -0.4 is 5.32 Å². The van der Waals surface area contributed by atoms with Crippen LogP contribution in [0.15, 0.2) is 29.6 Å². The summed E-state index contributed by atoms with van der Waals surface area (Å²) in [5.41, 5.74) is 4.78. The number of nitrogens with zero attached hydrogens (tertiary/aromatic N) is 1. The number of fused-ring (bicyclic) bond motifs is 1. The van der Waals surface area contributed by atoms with Crippen molar-refractivity contribution in [2.45, 2.75) is 39.8 Å². The van der Waals surface area contributed by atoms with E-state index in [1.54, 1.807) is 0 Å². The summed E-state index contributed by atoms with van der Waals surface area (Å²) in [5.74, 6) is 1.01. The summed E-state index contributed by atoms with van der Waals surface area (Å²) in [7, 11) is 0. The van der Waals surface area contributed by atoms with Gasteiger partial charge in [0.2, 0.25) is 0 Å². The molecule has 0 unspecified atom stereocenters. The van der Waals surface area contributed by atoms with Crippen LogP contribution in [0.5, 0.6) is 0 Å². The second-order valence-corrected chi connectivity index (χ2v) is 6.68. The number of H-pyrrole nitrogens is 1. The maximum Gasteiger partial charge on any atom is 0.121 e. The summed E-state index contributed by atoms with van der Waals surface area (Å²) >= 11 is 1.82. The summed E-state index contributed by atoms with van der Waals surface area (Å²) < 4.78 is 0. The zero-order chi connectivity index (χ0) is 14.8. The lowest BCUT2D eigenvalue weighted by atomic mass is 10.1. The fraction of sp³-hybridized carbons (Fsp3) is 0.353. The van der Waals surface area contributed by atoms with E-state index in [4.69, 9.17) is 4.98 Å². The molecule has 3 rings (SSSR count). The van der Waals surface area contributed by atoms with Crippen molar-refractivity contribution in [1.29, 1.82) is 0 Å². The van der Waals surface area contributed by atoms with Gasteiger partial charge in [-0.2, -0.15) is 0 Å². The molecule has 1 atom stereocenters. The molecule has 0 radical (unpaired) electrons. The Bertz CT molecular complexity index is 728. The van der Waals surface area contributed by atoms with Crippen molar-refractivity contribution >= 4 is 22.4 Å². The largest absolute Gasteiger partial charge is 0.341 e. The molecule has 2 heterocycles. The van der Waals surface area contributed by atoms with Gasteiger partial charge in [0.15, 0.2) is 0 Å². The number of thiophene rings is 1. The normalized spacial score (nSPS) is 12.9. The Balaban J connectivity index is 1.66. The summed E-state index contributed by atoms with van der Waals surface area (Å²) in [6, 6.07) is 9.00. The smallest absolute Gasteiger partial charge is 0.121 e. The molecule has 0 amide bonds. The van der Waals surface area contributed by atoms with Crippen LogP contribution in [0, 0.1) is 13.8 Å². The van der Waals surface area contributed by atoms with Crippen LogP contribution >= 0.6 is 11.3 Å². The first-order valence-corrected chi connectivity index (χ1v) is 8.22. The molecular formula is C17H21N3S. The van der Waals surface area contributed by atoms with Crippen LogP contribution in [0.2, 0.25) is 0 Å². The molecule has 2 aromatic heterocycles. The summed E-state index contributed by atoms with van der Waals surface area (Å²) in [4.78, 5) is 9.56. The Kier molecular flexibility index (Phi) is 4.08. The average molecular weight is 299 g/mol. The molecule has 0 aliphatic heterocycles. The Labute approximate surface area is 129 Å². The van der Waals surface area contributed by atoms with Crippen LogP contribution in [0.25, 0.3) is 11.0 Å². The van der Waals surface area contributed by atoms with Gasteiger partial charge in [0.1, 0.15) is 5.82 Å². The number of nitrogens with one attached hydrogen (secondary N) is 2. The Morgan fingerprint density at radius 1 is 1.29 bits per heavy atom. The quantitative estimate of drug-likeness (QED) is 0.748. The first-order chi connectivity index (χ1) is 10.1. The van der Waals surface area contributed by atoms with Crippen molar-refractivity contribution in [2.75, 3.05) is 0 Å². The molecule has 110 valence electrons. The van der Waals surface area contributed by atoms with E-state index >= 15 is 0 Å². The molecule has 0 saturated heterocycles. The number of aromatic amines is 1. The van der Waals surface area contributed by atoms with Gasteiger partial charge >= 0.3 is 0 Å². The monoisotopic (exact) mass is 299 g/mol. The summed E-state index contributed by atoms with van der Waals surface area (Å²) in [5, 5.41) is 5.68. The van der Waals surface area contributed by atoms with Crippen molar-refractivity contribution in [3.8, 4) is 0 Å². The highest BCUT2D eigenvalue weighted by Crippen LogP contribution is 2.19. The van der Waals surface area contributed by atoms with E-state index in [1.165, 1.54) is 16.0 Å². The predicted molar refractivity (Wildman–Crippen MR) is 89.9 cm³/mol. The van der Waals surface area contributed by atoms with Crippen molar-refractivity contribution in [1.82, 2.24) is 15.3 Å². The maximum absolute atomic E-state index is 4.73. The van der Waals surface area contributed by atoms with E-state index in [0.29, 0.717) is 6.04 Å². The molecule has 0 bridgehead atoms. The Hall–Kier alpha value is -1.65. The maximum atomic E-state index is 4.73. The number of rotatable bonds is 5. The Morgan fingerprint density at radius 2 is 2.14 bits per heavy atom.